The van der Waals surface area contributed by atoms with Crippen molar-refractivity contribution in [1.29, 1.82) is 0 Å². The zero-order valence-electron chi connectivity index (χ0n) is 9.73. The molecule has 0 heterocycles. The summed E-state index contributed by atoms with van der Waals surface area (Å²) >= 11 is 0. The van der Waals surface area contributed by atoms with E-state index in [0.717, 1.165) is 12.8 Å². The van der Waals surface area contributed by atoms with Gasteiger partial charge in [0.25, 0.3) is 0 Å². The number of halogens is 1. The van der Waals surface area contributed by atoms with Crippen molar-refractivity contribution < 1.29 is 14.3 Å². The standard InChI is InChI=1S/C14H17FO2/c15-12-7-3-6-11(9-12)13(14(16)17)8-10-4-1-2-5-10/h3,6-7,9-10,13H,1-2,4-5,8H2,(H,16,17). The van der Waals surface area contributed by atoms with Gasteiger partial charge < -0.3 is 5.11 Å². The summed E-state index contributed by atoms with van der Waals surface area (Å²) in [4.78, 5) is 11.3. The summed E-state index contributed by atoms with van der Waals surface area (Å²) in [7, 11) is 0. The quantitative estimate of drug-likeness (QED) is 0.867. The van der Waals surface area contributed by atoms with Gasteiger partial charge in [-0.1, -0.05) is 37.8 Å². The maximum Gasteiger partial charge on any atom is 0.310 e. The van der Waals surface area contributed by atoms with Crippen LogP contribution in [0.1, 0.15) is 43.6 Å². The third kappa shape index (κ3) is 3.05. The van der Waals surface area contributed by atoms with Gasteiger partial charge in [0.2, 0.25) is 0 Å². The van der Waals surface area contributed by atoms with Gasteiger partial charge in [-0.05, 0) is 30.0 Å². The monoisotopic (exact) mass is 236 g/mol. The Labute approximate surface area is 100 Å². The number of benzene rings is 1. The van der Waals surface area contributed by atoms with Crippen molar-refractivity contribution in [3.8, 4) is 0 Å². The molecule has 1 aromatic rings. The summed E-state index contributed by atoms with van der Waals surface area (Å²) in [6, 6.07) is 5.97. The lowest BCUT2D eigenvalue weighted by molar-refractivity contribution is -0.139. The van der Waals surface area contributed by atoms with E-state index in [4.69, 9.17) is 0 Å². The van der Waals surface area contributed by atoms with Crippen LogP contribution < -0.4 is 0 Å². The summed E-state index contributed by atoms with van der Waals surface area (Å²) < 4.78 is 13.1. The first kappa shape index (κ1) is 12.1. The number of carboxylic acid groups (broad SMARTS) is 1. The van der Waals surface area contributed by atoms with Gasteiger partial charge >= 0.3 is 5.97 Å². The molecule has 3 heteroatoms. The van der Waals surface area contributed by atoms with Gasteiger partial charge in [0.05, 0.1) is 5.92 Å². The van der Waals surface area contributed by atoms with Gasteiger partial charge in [-0.3, -0.25) is 4.79 Å². The van der Waals surface area contributed by atoms with Crippen molar-refractivity contribution in [2.45, 2.75) is 38.0 Å². The van der Waals surface area contributed by atoms with Crippen LogP contribution in [0, 0.1) is 11.7 Å². The van der Waals surface area contributed by atoms with Crippen molar-refractivity contribution in [3.63, 3.8) is 0 Å². The van der Waals surface area contributed by atoms with E-state index in [1.54, 1.807) is 12.1 Å². The summed E-state index contributed by atoms with van der Waals surface area (Å²) in [5.74, 6) is -1.28. The molecule has 1 fully saturated rings. The molecule has 1 aliphatic rings. The predicted octanol–water partition coefficient (Wildman–Crippen LogP) is 3.57. The van der Waals surface area contributed by atoms with Crippen LogP contribution in [0.2, 0.25) is 0 Å². The van der Waals surface area contributed by atoms with Crippen molar-refractivity contribution in [1.82, 2.24) is 0 Å². The van der Waals surface area contributed by atoms with E-state index in [-0.39, 0.29) is 5.82 Å². The Morgan fingerprint density at radius 3 is 2.71 bits per heavy atom. The highest BCUT2D eigenvalue weighted by Gasteiger charge is 2.26. The molecule has 0 radical (unpaired) electrons. The van der Waals surface area contributed by atoms with Gasteiger partial charge in [-0.15, -0.1) is 0 Å². The van der Waals surface area contributed by atoms with Gasteiger partial charge in [0.1, 0.15) is 5.82 Å². The molecule has 2 nitrogen and oxygen atoms in total. The van der Waals surface area contributed by atoms with Crippen LogP contribution in [0.15, 0.2) is 24.3 Å². The summed E-state index contributed by atoms with van der Waals surface area (Å²) in [5.41, 5.74) is 0.587. The van der Waals surface area contributed by atoms with Crippen LogP contribution in [0.4, 0.5) is 4.39 Å². The second-order valence-electron chi connectivity index (χ2n) is 4.83. The van der Waals surface area contributed by atoms with Gasteiger partial charge in [-0.25, -0.2) is 4.39 Å². The molecule has 17 heavy (non-hydrogen) atoms. The molecule has 2 rings (SSSR count). The van der Waals surface area contributed by atoms with Gasteiger partial charge in [0.15, 0.2) is 0 Å². The second-order valence-corrected chi connectivity index (χ2v) is 4.83. The zero-order valence-corrected chi connectivity index (χ0v) is 9.73. The lowest BCUT2D eigenvalue weighted by Gasteiger charge is -2.17. The Morgan fingerprint density at radius 1 is 1.41 bits per heavy atom. The highest BCUT2D eigenvalue weighted by atomic mass is 19.1. The molecule has 0 spiro atoms. The van der Waals surface area contributed by atoms with E-state index in [0.29, 0.717) is 17.9 Å². The van der Waals surface area contributed by atoms with Crippen LogP contribution in [-0.2, 0) is 4.79 Å². The number of carbonyl (C=O) groups is 1. The average molecular weight is 236 g/mol. The largest absolute Gasteiger partial charge is 0.481 e. The maximum absolute atomic E-state index is 13.1. The van der Waals surface area contributed by atoms with Crippen LogP contribution in [0.25, 0.3) is 0 Å². The summed E-state index contributed by atoms with van der Waals surface area (Å²) in [5, 5.41) is 9.26. The fourth-order valence-corrected chi connectivity index (χ4v) is 2.68. The molecule has 0 amide bonds. The van der Waals surface area contributed by atoms with E-state index in [2.05, 4.69) is 0 Å². The van der Waals surface area contributed by atoms with Crippen LogP contribution >= 0.6 is 0 Å². The fraction of sp³-hybridized carbons (Fsp3) is 0.500. The minimum atomic E-state index is -0.845. The van der Waals surface area contributed by atoms with E-state index < -0.39 is 11.9 Å². The Bertz CT molecular complexity index is 397. The molecule has 1 aliphatic carbocycles. The molecule has 92 valence electrons. The first-order chi connectivity index (χ1) is 8.16. The van der Waals surface area contributed by atoms with E-state index >= 15 is 0 Å². The number of aliphatic carboxylic acids is 1. The third-order valence-electron chi connectivity index (χ3n) is 3.59. The highest BCUT2D eigenvalue weighted by molar-refractivity contribution is 5.76. The Hall–Kier alpha value is -1.38. The van der Waals surface area contributed by atoms with Crippen LogP contribution in [0.3, 0.4) is 0 Å². The minimum absolute atomic E-state index is 0.361. The molecule has 1 N–H and O–H groups in total. The van der Waals surface area contributed by atoms with Crippen molar-refractivity contribution in [2.24, 2.45) is 5.92 Å². The Kier molecular flexibility index (Phi) is 3.77. The summed E-state index contributed by atoms with van der Waals surface area (Å²) in [6.07, 6.45) is 5.25. The predicted molar refractivity (Wildman–Crippen MR) is 63.4 cm³/mol. The van der Waals surface area contributed by atoms with Gasteiger partial charge in [0, 0.05) is 0 Å². The molecule has 0 bridgehead atoms. The molecular weight excluding hydrogens is 219 g/mol. The van der Waals surface area contributed by atoms with Crippen LogP contribution in [-0.4, -0.2) is 11.1 Å². The van der Waals surface area contributed by atoms with E-state index in [1.165, 1.54) is 25.0 Å². The smallest absolute Gasteiger partial charge is 0.310 e. The normalized spacial score (nSPS) is 18.2. The first-order valence-electron chi connectivity index (χ1n) is 6.15. The summed E-state index contributed by atoms with van der Waals surface area (Å²) in [6.45, 7) is 0. The molecule has 1 atom stereocenters. The topological polar surface area (TPSA) is 37.3 Å². The minimum Gasteiger partial charge on any atom is -0.481 e. The second kappa shape index (κ2) is 5.30. The van der Waals surface area contributed by atoms with Crippen LogP contribution in [0.5, 0.6) is 0 Å². The number of hydrogen-bond donors (Lipinski definition) is 1. The van der Waals surface area contributed by atoms with Crippen molar-refractivity contribution in [3.05, 3.63) is 35.6 Å². The fourth-order valence-electron chi connectivity index (χ4n) is 2.68. The molecule has 1 aromatic carbocycles. The molecule has 0 aliphatic heterocycles. The van der Waals surface area contributed by atoms with Crippen molar-refractivity contribution in [2.75, 3.05) is 0 Å². The SMILES string of the molecule is O=C(O)C(CC1CCCC1)c1cccc(F)c1. The maximum atomic E-state index is 13.1. The molecule has 0 saturated heterocycles. The highest BCUT2D eigenvalue weighted by Crippen LogP contribution is 2.34. The first-order valence-corrected chi connectivity index (χ1v) is 6.15. The van der Waals surface area contributed by atoms with Crippen molar-refractivity contribution >= 4 is 5.97 Å². The van der Waals surface area contributed by atoms with Gasteiger partial charge in [-0.2, -0.15) is 0 Å². The molecule has 1 unspecified atom stereocenters. The Morgan fingerprint density at radius 2 is 2.12 bits per heavy atom. The van der Waals surface area contributed by atoms with E-state index in [9.17, 15) is 14.3 Å². The molecular formula is C14H17FO2. The number of rotatable bonds is 4. The lowest BCUT2D eigenvalue weighted by atomic mass is 9.88. The molecule has 1 saturated carbocycles. The van der Waals surface area contributed by atoms with E-state index in [1.807, 2.05) is 0 Å². The zero-order chi connectivity index (χ0) is 12.3. The Balaban J connectivity index is 2.13. The number of carboxylic acids is 1. The average Bonchev–Trinajstić information content (AvgIpc) is 2.78. The number of hydrogen-bond acceptors (Lipinski definition) is 1. The third-order valence-corrected chi connectivity index (χ3v) is 3.59. The molecule has 0 aromatic heterocycles. The lowest BCUT2D eigenvalue weighted by Crippen LogP contribution is -2.15.